The Balaban J connectivity index is 0.000000917. The van der Waals surface area contributed by atoms with Crippen LogP contribution in [0.3, 0.4) is 0 Å². The smallest absolute Gasteiger partial charge is 0.373 e. The van der Waals surface area contributed by atoms with E-state index in [1.54, 1.807) is 17.0 Å². The first-order chi connectivity index (χ1) is 17.0. The van der Waals surface area contributed by atoms with Crippen molar-refractivity contribution in [2.75, 3.05) is 6.54 Å². The summed E-state index contributed by atoms with van der Waals surface area (Å²) >= 11 is 1.31. The van der Waals surface area contributed by atoms with Gasteiger partial charge in [-0.1, -0.05) is 54.1 Å². The molecule has 0 saturated carbocycles. The van der Waals surface area contributed by atoms with Crippen LogP contribution >= 0.6 is 11.3 Å². The van der Waals surface area contributed by atoms with Gasteiger partial charge in [0.1, 0.15) is 0 Å². The van der Waals surface area contributed by atoms with Crippen molar-refractivity contribution >= 4 is 40.1 Å². The first kappa shape index (κ1) is 23.9. The maximum Gasteiger partial charge on any atom is 0.373 e. The topological polar surface area (TPSA) is 108 Å². The predicted molar refractivity (Wildman–Crippen MR) is 131 cm³/mol. The highest BCUT2D eigenvalue weighted by molar-refractivity contribution is 7.12. The van der Waals surface area contributed by atoms with Crippen molar-refractivity contribution in [3.63, 3.8) is 0 Å². The number of nitrogens with zero attached hydrogens (tertiary/aromatic N) is 1. The quantitative estimate of drug-likeness (QED) is 0.382. The van der Waals surface area contributed by atoms with Crippen molar-refractivity contribution in [2.45, 2.75) is 19.4 Å². The molecular formula is C27H22N2O5S. The fourth-order valence-electron chi connectivity index (χ4n) is 4.33. The van der Waals surface area contributed by atoms with Crippen molar-refractivity contribution < 1.29 is 24.3 Å². The van der Waals surface area contributed by atoms with E-state index in [1.807, 2.05) is 67.0 Å². The fourth-order valence-corrected chi connectivity index (χ4v) is 5.01. The molecule has 3 heterocycles. The monoisotopic (exact) mass is 486 g/mol. The average molecular weight is 487 g/mol. The Morgan fingerprint density at radius 2 is 1.80 bits per heavy atom. The second-order valence-corrected chi connectivity index (χ2v) is 9.02. The number of aromatic nitrogens is 1. The molecule has 0 spiro atoms. The normalized spacial score (nSPS) is 15.2. The number of amides is 1. The molecule has 2 aromatic carbocycles. The van der Waals surface area contributed by atoms with Gasteiger partial charge in [0, 0.05) is 23.6 Å². The summed E-state index contributed by atoms with van der Waals surface area (Å²) in [6.07, 6.45) is 2.81. The van der Waals surface area contributed by atoms with Crippen LogP contribution in [0.1, 0.15) is 32.4 Å². The molecule has 7 nitrogen and oxygen atoms in total. The SMILES string of the molecule is Cc1ccc(C2C(C(=O)c3cccs3)=C(O)C(=O)N2CCc2c[nH]c3ccccc23)cc1.O=C=O. The van der Waals surface area contributed by atoms with Gasteiger partial charge in [-0.25, -0.2) is 0 Å². The Kier molecular flexibility index (Phi) is 7.06. The third kappa shape index (κ3) is 4.71. The predicted octanol–water partition coefficient (Wildman–Crippen LogP) is 4.78. The van der Waals surface area contributed by atoms with Crippen LogP contribution in [0.25, 0.3) is 10.9 Å². The van der Waals surface area contributed by atoms with Crippen LogP contribution in [0, 0.1) is 6.92 Å². The van der Waals surface area contributed by atoms with Gasteiger partial charge in [0.15, 0.2) is 5.76 Å². The number of fused-ring (bicyclic) bond motifs is 1. The molecule has 0 radical (unpaired) electrons. The lowest BCUT2D eigenvalue weighted by molar-refractivity contribution is -0.191. The highest BCUT2D eigenvalue weighted by Gasteiger charge is 2.43. The van der Waals surface area contributed by atoms with Gasteiger partial charge in [-0.05, 0) is 42.0 Å². The number of Topliss-reactive ketones (excluding diaryl/α,β-unsaturated/α-hetero) is 1. The van der Waals surface area contributed by atoms with Gasteiger partial charge in [-0.2, -0.15) is 9.59 Å². The van der Waals surface area contributed by atoms with E-state index in [1.165, 1.54) is 11.3 Å². The molecule has 0 aliphatic carbocycles. The number of hydrogen-bond donors (Lipinski definition) is 2. The minimum Gasteiger partial charge on any atom is -0.503 e. The summed E-state index contributed by atoms with van der Waals surface area (Å²) in [6, 6.07) is 18.7. The van der Waals surface area contributed by atoms with Crippen LogP contribution < -0.4 is 0 Å². The van der Waals surface area contributed by atoms with Gasteiger partial charge in [0.05, 0.1) is 16.5 Å². The number of aromatic amines is 1. The van der Waals surface area contributed by atoms with E-state index in [0.29, 0.717) is 17.8 Å². The first-order valence-electron chi connectivity index (χ1n) is 10.9. The maximum atomic E-state index is 13.3. The molecule has 176 valence electrons. The van der Waals surface area contributed by atoms with Crippen molar-refractivity contribution in [1.29, 1.82) is 0 Å². The number of rotatable bonds is 6. The van der Waals surface area contributed by atoms with Gasteiger partial charge in [0.2, 0.25) is 5.78 Å². The lowest BCUT2D eigenvalue weighted by Gasteiger charge is -2.27. The van der Waals surface area contributed by atoms with Crippen molar-refractivity contribution in [3.05, 3.63) is 105 Å². The average Bonchev–Trinajstić information content (AvgIpc) is 3.59. The molecule has 1 aliphatic heterocycles. The number of aryl methyl sites for hydroxylation is 1. The molecule has 4 aromatic rings. The van der Waals surface area contributed by atoms with E-state index < -0.39 is 17.7 Å². The molecule has 0 saturated heterocycles. The second-order valence-electron chi connectivity index (χ2n) is 8.07. The molecule has 0 bridgehead atoms. The molecule has 35 heavy (non-hydrogen) atoms. The number of nitrogens with one attached hydrogen (secondary N) is 1. The summed E-state index contributed by atoms with van der Waals surface area (Å²) in [5, 5.41) is 13.7. The number of H-pyrrole nitrogens is 1. The number of thiophene rings is 1. The Morgan fingerprint density at radius 3 is 2.49 bits per heavy atom. The molecule has 2 N–H and O–H groups in total. The van der Waals surface area contributed by atoms with Crippen molar-refractivity contribution in [3.8, 4) is 0 Å². The third-order valence-corrected chi connectivity index (χ3v) is 6.85. The number of para-hydroxylation sites is 1. The van der Waals surface area contributed by atoms with E-state index >= 15 is 0 Å². The van der Waals surface area contributed by atoms with Crippen LogP contribution in [0.4, 0.5) is 0 Å². The van der Waals surface area contributed by atoms with Crippen molar-refractivity contribution in [1.82, 2.24) is 9.88 Å². The van der Waals surface area contributed by atoms with Crippen LogP contribution in [0.15, 0.2) is 83.6 Å². The van der Waals surface area contributed by atoms with Gasteiger partial charge < -0.3 is 15.0 Å². The van der Waals surface area contributed by atoms with Crippen LogP contribution in [0.2, 0.25) is 0 Å². The number of aliphatic hydroxyl groups excluding tert-OH is 1. The number of carbonyl (C=O) groups is 2. The molecule has 0 fully saturated rings. The molecule has 1 unspecified atom stereocenters. The number of carbonyl (C=O) groups excluding carboxylic acids is 4. The zero-order valence-electron chi connectivity index (χ0n) is 18.9. The van der Waals surface area contributed by atoms with Crippen LogP contribution in [-0.2, 0) is 20.8 Å². The standard InChI is InChI=1S/C26H22N2O3S.CO2/c1-16-8-10-17(11-9-16)23-22(24(29)21-7-4-14-32-21)25(30)26(31)28(23)13-12-18-15-27-20-6-3-2-5-19(18)20;2-1-3/h2-11,14-15,23,27,30H,12-13H2,1H3;. The van der Waals surface area contributed by atoms with Crippen LogP contribution in [0.5, 0.6) is 0 Å². The Morgan fingerprint density at radius 1 is 1.09 bits per heavy atom. The number of aliphatic hydroxyl groups is 1. The minimum atomic E-state index is -0.622. The van der Waals surface area contributed by atoms with Crippen molar-refractivity contribution in [2.24, 2.45) is 0 Å². The minimum absolute atomic E-state index is 0.153. The number of hydrogen-bond acceptors (Lipinski definition) is 6. The summed E-state index contributed by atoms with van der Waals surface area (Å²) in [5.41, 5.74) is 4.18. The largest absolute Gasteiger partial charge is 0.503 e. The molecule has 2 aromatic heterocycles. The zero-order valence-corrected chi connectivity index (χ0v) is 19.7. The van der Waals surface area contributed by atoms with Gasteiger partial charge >= 0.3 is 6.15 Å². The van der Waals surface area contributed by atoms with Gasteiger partial charge in [-0.3, -0.25) is 9.59 Å². The summed E-state index contributed by atoms with van der Waals surface area (Å²) in [4.78, 5) is 48.0. The summed E-state index contributed by atoms with van der Waals surface area (Å²) in [7, 11) is 0. The summed E-state index contributed by atoms with van der Waals surface area (Å²) < 4.78 is 0. The van der Waals surface area contributed by atoms with Crippen LogP contribution in [-0.4, -0.2) is 39.4 Å². The highest BCUT2D eigenvalue weighted by atomic mass is 32.1. The number of ketones is 1. The summed E-state index contributed by atoms with van der Waals surface area (Å²) in [5.74, 6) is -1.26. The first-order valence-corrected chi connectivity index (χ1v) is 11.8. The van der Waals surface area contributed by atoms with E-state index in [9.17, 15) is 14.7 Å². The molecule has 1 amide bonds. The summed E-state index contributed by atoms with van der Waals surface area (Å²) in [6.45, 7) is 2.37. The second kappa shape index (κ2) is 10.3. The Labute approximate surface area is 205 Å². The molecular weight excluding hydrogens is 464 g/mol. The lowest BCUT2D eigenvalue weighted by atomic mass is 9.94. The fraction of sp³-hybridized carbons (Fsp3) is 0.148. The van der Waals surface area contributed by atoms with E-state index in [-0.39, 0.29) is 17.5 Å². The molecule has 8 heteroatoms. The lowest BCUT2D eigenvalue weighted by Crippen LogP contribution is -2.33. The molecule has 1 aliphatic rings. The van der Waals surface area contributed by atoms with Gasteiger partial charge in [-0.15, -0.1) is 11.3 Å². The maximum absolute atomic E-state index is 13.3. The van der Waals surface area contributed by atoms with Gasteiger partial charge in [0.25, 0.3) is 5.91 Å². The molecule has 5 rings (SSSR count). The van der Waals surface area contributed by atoms with E-state index in [4.69, 9.17) is 9.59 Å². The Bertz CT molecular complexity index is 1430. The van der Waals surface area contributed by atoms with E-state index in [0.717, 1.165) is 27.6 Å². The zero-order chi connectivity index (χ0) is 24.9. The van der Waals surface area contributed by atoms with E-state index in [2.05, 4.69) is 4.98 Å². The Hall–Kier alpha value is -4.26. The highest BCUT2D eigenvalue weighted by Crippen LogP contribution is 2.39. The number of benzene rings is 2. The molecule has 1 atom stereocenters. The third-order valence-electron chi connectivity index (χ3n) is 5.98.